The third-order valence-electron chi connectivity index (χ3n) is 0.365. The summed E-state index contributed by atoms with van der Waals surface area (Å²) in [5, 5.41) is 15.7. The number of carbonyl (C=O) groups is 1. The van der Waals surface area contributed by atoms with Gasteiger partial charge in [0.15, 0.2) is 13.6 Å². The summed E-state index contributed by atoms with van der Waals surface area (Å²) in [5.41, 5.74) is 0. The molecule has 5 nitrogen and oxygen atoms in total. The Morgan fingerprint density at radius 1 is 1.20 bits per heavy atom. The highest BCUT2D eigenvalue weighted by atomic mass is 128. The second-order valence-electron chi connectivity index (χ2n) is 0.797. The fraction of sp³-hybridized carbons (Fsp3) is 0.667. The zero-order valence-electron chi connectivity index (χ0n) is 4.79. The largest absolute Gasteiger partial charge is 0.512 e. The van der Waals surface area contributed by atoms with Crippen molar-refractivity contribution in [3.05, 3.63) is 0 Å². The summed E-state index contributed by atoms with van der Waals surface area (Å²) in [6.45, 7) is -1.47. The van der Waals surface area contributed by atoms with Gasteiger partial charge in [0, 0.05) is 37.2 Å². The summed E-state index contributed by atoms with van der Waals surface area (Å²) in [7, 11) is 0. The molecule has 0 heterocycles. The van der Waals surface area contributed by atoms with E-state index in [1.165, 1.54) is 0 Å². The Hall–Kier alpha value is 0.650. The number of carbonyl (C=O) groups excluding carboxylic acids is 1. The molecule has 0 aromatic heterocycles. The molecule has 0 aliphatic heterocycles. The van der Waals surface area contributed by atoms with Crippen molar-refractivity contribution in [2.75, 3.05) is 13.6 Å². The molecule has 0 aliphatic carbocycles. The number of rotatable bonds is 2. The summed E-state index contributed by atoms with van der Waals surface area (Å²) >= 11 is 4.24. The molecule has 2 N–H and O–H groups in total. The molecule has 7 heteroatoms. The van der Waals surface area contributed by atoms with Crippen molar-refractivity contribution >= 4 is 43.4 Å². The van der Waals surface area contributed by atoms with Gasteiger partial charge in [0.2, 0.25) is 0 Å². The highest BCUT2D eigenvalue weighted by Crippen LogP contribution is 1.89. The minimum Gasteiger partial charge on any atom is -0.407 e. The molecule has 0 atom stereocenters. The van der Waals surface area contributed by atoms with Crippen LogP contribution in [0.3, 0.4) is 0 Å². The molecule has 0 unspecified atom stereocenters. The third-order valence-corrected chi connectivity index (χ3v) is 0.365. The van der Waals surface area contributed by atoms with Crippen LogP contribution in [0.1, 0.15) is 0 Å². The zero-order chi connectivity index (χ0) is 8.41. The highest BCUT2D eigenvalue weighted by molar-refractivity contribution is 15.0. The molecule has 0 rings (SSSR count). The molecule has 0 saturated carbocycles. The van der Waals surface area contributed by atoms with Crippen LogP contribution in [0.15, 0.2) is 0 Å². The van der Waals surface area contributed by atoms with Gasteiger partial charge in [-0.3, -0.25) is 0 Å². The van der Waals surface area contributed by atoms with Crippen LogP contribution in [0.5, 0.6) is 0 Å². The van der Waals surface area contributed by atoms with Crippen LogP contribution in [-0.2, 0) is 9.47 Å². The summed E-state index contributed by atoms with van der Waals surface area (Å²) in [6.07, 6.45) is -1.09. The van der Waals surface area contributed by atoms with Crippen molar-refractivity contribution in [1.82, 2.24) is 0 Å². The first kappa shape index (κ1) is 13.3. The van der Waals surface area contributed by atoms with Crippen LogP contribution in [0.2, 0.25) is 0 Å². The Bertz CT molecular complexity index is 69.3. The maximum absolute atomic E-state index is 9.88. The van der Waals surface area contributed by atoms with Gasteiger partial charge in [0.1, 0.15) is 0 Å². The number of hydrogen-bond donors (Lipinski definition) is 2. The minimum absolute atomic E-state index is 0.737. The van der Waals surface area contributed by atoms with Crippen molar-refractivity contribution in [3.63, 3.8) is 0 Å². The lowest BCUT2D eigenvalue weighted by atomic mass is 11.2. The first-order valence-corrected chi connectivity index (χ1v) is 8.25. The lowest BCUT2D eigenvalue weighted by molar-refractivity contribution is -0.0389. The van der Waals surface area contributed by atoms with Gasteiger partial charge in [-0.05, 0) is 0 Å². The smallest absolute Gasteiger partial charge is 0.407 e. The standard InChI is InChI=1S/C3H6O5.I2/c4-1-7-3(6)8-2-5;1-2/h4-5H,1-2H2;. The lowest BCUT2D eigenvalue weighted by Gasteiger charge is -1.97. The second-order valence-corrected chi connectivity index (χ2v) is 0.797. The molecule has 0 bridgehead atoms. The molecule has 0 amide bonds. The Kier molecular flexibility index (Phi) is 16.4. The molecule has 0 aromatic rings. The van der Waals surface area contributed by atoms with E-state index < -0.39 is 19.7 Å². The molecule has 0 aliphatic rings. The Morgan fingerprint density at radius 3 is 1.70 bits per heavy atom. The maximum atomic E-state index is 9.88. The van der Waals surface area contributed by atoms with Gasteiger partial charge in [-0.25, -0.2) is 4.79 Å². The van der Waals surface area contributed by atoms with E-state index in [1.807, 2.05) is 0 Å². The molecular formula is C3H6I2O5. The summed E-state index contributed by atoms with van der Waals surface area (Å²) in [5.74, 6) is 0. The van der Waals surface area contributed by atoms with E-state index in [0.717, 1.165) is 0 Å². The summed E-state index contributed by atoms with van der Waals surface area (Å²) in [6, 6.07) is 0. The van der Waals surface area contributed by atoms with Crippen molar-refractivity contribution in [3.8, 4) is 0 Å². The van der Waals surface area contributed by atoms with E-state index in [1.54, 1.807) is 0 Å². The predicted molar refractivity (Wildman–Crippen MR) is 49.8 cm³/mol. The quantitative estimate of drug-likeness (QED) is 0.424. The molecule has 0 radical (unpaired) electrons. The van der Waals surface area contributed by atoms with E-state index in [-0.39, 0.29) is 0 Å². The maximum Gasteiger partial charge on any atom is 0.512 e. The van der Waals surface area contributed by atoms with E-state index >= 15 is 0 Å². The number of ether oxygens (including phenoxy) is 2. The van der Waals surface area contributed by atoms with Gasteiger partial charge >= 0.3 is 6.16 Å². The van der Waals surface area contributed by atoms with E-state index in [0.29, 0.717) is 0 Å². The fourth-order valence-electron chi connectivity index (χ4n) is 0.147. The van der Waals surface area contributed by atoms with Crippen molar-refractivity contribution in [2.45, 2.75) is 0 Å². The number of hydrogen-bond acceptors (Lipinski definition) is 5. The van der Waals surface area contributed by atoms with Crippen LogP contribution in [0.4, 0.5) is 4.79 Å². The van der Waals surface area contributed by atoms with Crippen LogP contribution in [0, 0.1) is 0 Å². The Morgan fingerprint density at radius 2 is 1.50 bits per heavy atom. The van der Waals surface area contributed by atoms with E-state index in [2.05, 4.69) is 46.7 Å². The van der Waals surface area contributed by atoms with Gasteiger partial charge in [-0.15, -0.1) is 0 Å². The molecule has 0 fully saturated rings. The topological polar surface area (TPSA) is 76.0 Å². The van der Waals surface area contributed by atoms with Crippen molar-refractivity contribution in [1.29, 1.82) is 0 Å². The molecule has 62 valence electrons. The van der Waals surface area contributed by atoms with Crippen LogP contribution < -0.4 is 0 Å². The van der Waals surface area contributed by atoms with Crippen molar-refractivity contribution in [2.24, 2.45) is 0 Å². The Labute approximate surface area is 81.0 Å². The SMILES string of the molecule is II.O=C(OCO)OCO. The molecule has 0 spiro atoms. The monoisotopic (exact) mass is 376 g/mol. The lowest BCUT2D eigenvalue weighted by Crippen LogP contribution is -2.08. The van der Waals surface area contributed by atoms with E-state index in [9.17, 15) is 4.79 Å². The van der Waals surface area contributed by atoms with Gasteiger partial charge in [-0.2, -0.15) is 0 Å². The average molecular weight is 376 g/mol. The zero-order valence-corrected chi connectivity index (χ0v) is 9.10. The van der Waals surface area contributed by atoms with Gasteiger partial charge < -0.3 is 19.7 Å². The fourth-order valence-corrected chi connectivity index (χ4v) is 0.147. The molecule has 0 saturated heterocycles. The highest BCUT2D eigenvalue weighted by Gasteiger charge is 1.97. The van der Waals surface area contributed by atoms with Crippen LogP contribution >= 0.6 is 37.2 Å². The van der Waals surface area contributed by atoms with Gasteiger partial charge in [0.05, 0.1) is 0 Å². The summed E-state index contributed by atoms with van der Waals surface area (Å²) in [4.78, 5) is 9.88. The first-order chi connectivity index (χ1) is 4.81. The minimum atomic E-state index is -1.09. The Balaban J connectivity index is 0. The van der Waals surface area contributed by atoms with Crippen LogP contribution in [-0.4, -0.2) is 30.0 Å². The molecular weight excluding hydrogens is 370 g/mol. The first-order valence-electron chi connectivity index (χ1n) is 1.97. The number of aliphatic hydroxyl groups is 2. The van der Waals surface area contributed by atoms with Crippen molar-refractivity contribution < 1.29 is 24.5 Å². The van der Waals surface area contributed by atoms with E-state index in [4.69, 9.17) is 10.2 Å². The predicted octanol–water partition coefficient (Wildman–Crippen LogP) is 0.811. The normalized spacial score (nSPS) is 7.20. The molecule has 10 heavy (non-hydrogen) atoms. The third kappa shape index (κ3) is 11.4. The summed E-state index contributed by atoms with van der Waals surface area (Å²) < 4.78 is 7.63. The van der Waals surface area contributed by atoms with Crippen LogP contribution in [0.25, 0.3) is 0 Å². The van der Waals surface area contributed by atoms with Gasteiger partial charge in [0.25, 0.3) is 0 Å². The molecule has 0 aromatic carbocycles. The average Bonchev–Trinajstić information content (AvgIpc) is 1.93. The number of halogens is 2. The van der Waals surface area contributed by atoms with Gasteiger partial charge in [-0.1, -0.05) is 0 Å². The number of aliphatic hydroxyl groups excluding tert-OH is 2. The second kappa shape index (κ2) is 12.3.